The summed E-state index contributed by atoms with van der Waals surface area (Å²) in [5.41, 5.74) is 2.47. The Hall–Kier alpha value is -1.60. The van der Waals surface area contributed by atoms with Crippen LogP contribution in [0.1, 0.15) is 39.7 Å². The number of anilines is 2. The van der Waals surface area contributed by atoms with Crippen molar-refractivity contribution < 1.29 is 13.2 Å². The molecule has 0 saturated heterocycles. The van der Waals surface area contributed by atoms with Gasteiger partial charge in [-0.2, -0.15) is 4.31 Å². The first-order valence-electron chi connectivity index (χ1n) is 8.55. The molecule has 0 aromatic heterocycles. The molecule has 0 saturated carbocycles. The van der Waals surface area contributed by atoms with Crippen LogP contribution in [0.2, 0.25) is 0 Å². The molecule has 0 bridgehead atoms. The number of carbonyl (C=O) groups excluding carboxylic acids is 1. The molecule has 25 heavy (non-hydrogen) atoms. The van der Waals surface area contributed by atoms with E-state index in [2.05, 4.69) is 5.32 Å². The lowest BCUT2D eigenvalue weighted by molar-refractivity contribution is -0.118. The second kappa shape index (κ2) is 8.67. The minimum atomic E-state index is -3.34. The molecule has 142 valence electrons. The minimum Gasteiger partial charge on any atom is -0.377 e. The first kappa shape index (κ1) is 21.4. The lowest BCUT2D eigenvalue weighted by Crippen LogP contribution is -2.37. The van der Waals surface area contributed by atoms with Crippen LogP contribution in [0.15, 0.2) is 18.2 Å². The number of hydrogen-bond donors (Lipinski definition) is 1. The van der Waals surface area contributed by atoms with Crippen LogP contribution in [-0.4, -0.2) is 45.0 Å². The smallest absolute Gasteiger partial charge is 0.226 e. The summed E-state index contributed by atoms with van der Waals surface area (Å²) in [5, 5.41) is 2.88. The van der Waals surface area contributed by atoms with Gasteiger partial charge in [0.2, 0.25) is 15.9 Å². The predicted molar refractivity (Wildman–Crippen MR) is 104 cm³/mol. The van der Waals surface area contributed by atoms with E-state index in [1.165, 1.54) is 10.6 Å². The van der Waals surface area contributed by atoms with Crippen molar-refractivity contribution in [2.75, 3.05) is 30.6 Å². The summed E-state index contributed by atoms with van der Waals surface area (Å²) in [6, 6.07) is 5.50. The lowest BCUT2D eigenvalue weighted by atomic mass is 10.1. The molecule has 1 atom stereocenters. The average molecular weight is 370 g/mol. The van der Waals surface area contributed by atoms with E-state index in [0.29, 0.717) is 5.69 Å². The number of rotatable bonds is 8. The highest BCUT2D eigenvalue weighted by atomic mass is 32.2. The first-order chi connectivity index (χ1) is 11.5. The van der Waals surface area contributed by atoms with Crippen LogP contribution in [0.25, 0.3) is 0 Å². The molecular weight excluding hydrogens is 338 g/mol. The Morgan fingerprint density at radius 2 is 1.80 bits per heavy atom. The zero-order valence-electron chi connectivity index (χ0n) is 16.3. The van der Waals surface area contributed by atoms with Gasteiger partial charge in [-0.1, -0.05) is 20.8 Å². The lowest BCUT2D eigenvalue weighted by Gasteiger charge is -2.28. The fourth-order valence-corrected chi connectivity index (χ4v) is 3.66. The van der Waals surface area contributed by atoms with E-state index in [1.54, 1.807) is 0 Å². The molecule has 0 aliphatic carbocycles. The summed E-state index contributed by atoms with van der Waals surface area (Å²) in [6.07, 6.45) is 1.97. The molecule has 1 amide bonds. The number of nitrogens with one attached hydrogen (secondary N) is 1. The van der Waals surface area contributed by atoms with Crippen LogP contribution < -0.4 is 10.2 Å². The minimum absolute atomic E-state index is 0.0644. The molecule has 0 aliphatic heterocycles. The Morgan fingerprint density at radius 1 is 1.20 bits per heavy atom. The highest BCUT2D eigenvalue weighted by Crippen LogP contribution is 2.26. The number of hydrogen-bond acceptors (Lipinski definition) is 4. The summed E-state index contributed by atoms with van der Waals surface area (Å²) in [4.78, 5) is 13.9. The van der Waals surface area contributed by atoms with E-state index in [9.17, 15) is 13.2 Å². The summed E-state index contributed by atoms with van der Waals surface area (Å²) >= 11 is 0. The summed E-state index contributed by atoms with van der Waals surface area (Å²) in [7, 11) is 0.493. The maximum absolute atomic E-state index is 12.2. The van der Waals surface area contributed by atoms with Gasteiger partial charge in [-0.25, -0.2) is 8.42 Å². The Kier molecular flexibility index (Phi) is 7.44. The normalized spacial score (nSPS) is 13.2. The highest BCUT2D eigenvalue weighted by molar-refractivity contribution is 7.88. The van der Waals surface area contributed by atoms with Crippen LogP contribution in [-0.2, 0) is 21.4 Å². The fourth-order valence-electron chi connectivity index (χ4n) is 2.48. The maximum Gasteiger partial charge on any atom is 0.226 e. The zero-order chi connectivity index (χ0) is 19.4. The number of nitrogens with zero attached hydrogens (tertiary/aromatic N) is 2. The third-order valence-corrected chi connectivity index (χ3v) is 5.53. The van der Waals surface area contributed by atoms with E-state index in [4.69, 9.17) is 0 Å². The van der Waals surface area contributed by atoms with Crippen molar-refractivity contribution in [1.29, 1.82) is 0 Å². The van der Waals surface area contributed by atoms with Crippen molar-refractivity contribution in [3.8, 4) is 0 Å². The molecule has 0 fully saturated rings. The molecule has 1 aromatic rings. The van der Waals surface area contributed by atoms with Crippen molar-refractivity contribution in [2.24, 2.45) is 5.92 Å². The molecule has 1 aromatic carbocycles. The Bertz CT molecular complexity index is 700. The largest absolute Gasteiger partial charge is 0.377 e. The zero-order valence-corrected chi connectivity index (χ0v) is 17.1. The highest BCUT2D eigenvalue weighted by Gasteiger charge is 2.24. The van der Waals surface area contributed by atoms with E-state index < -0.39 is 10.0 Å². The second-order valence-electron chi connectivity index (χ2n) is 6.95. The van der Waals surface area contributed by atoms with Gasteiger partial charge in [0.25, 0.3) is 0 Å². The van der Waals surface area contributed by atoms with Gasteiger partial charge in [0.15, 0.2) is 0 Å². The SMILES string of the molecule is CC[C@@H](C)N(Cc1cc(NC(=O)C(C)C)ccc1N(C)C)S(C)(=O)=O. The molecule has 6 nitrogen and oxygen atoms in total. The molecule has 0 spiro atoms. The van der Waals surface area contributed by atoms with E-state index in [-0.39, 0.29) is 24.4 Å². The van der Waals surface area contributed by atoms with Crippen molar-refractivity contribution in [3.05, 3.63) is 23.8 Å². The number of carbonyl (C=O) groups is 1. The first-order valence-corrected chi connectivity index (χ1v) is 10.4. The quantitative estimate of drug-likeness (QED) is 0.765. The molecule has 0 unspecified atom stereocenters. The topological polar surface area (TPSA) is 69.7 Å². The van der Waals surface area contributed by atoms with Crippen LogP contribution in [0.3, 0.4) is 0 Å². The van der Waals surface area contributed by atoms with Crippen molar-refractivity contribution in [2.45, 2.75) is 46.7 Å². The van der Waals surface area contributed by atoms with Gasteiger partial charge < -0.3 is 10.2 Å². The van der Waals surface area contributed by atoms with E-state index in [0.717, 1.165) is 17.7 Å². The number of benzene rings is 1. The molecular formula is C18H31N3O3S. The van der Waals surface area contributed by atoms with Crippen molar-refractivity contribution >= 4 is 27.3 Å². The van der Waals surface area contributed by atoms with Gasteiger partial charge in [0.1, 0.15) is 0 Å². The standard InChI is InChI=1S/C18H31N3O3S/c1-8-14(4)21(25(7,23)24)12-15-11-16(19-18(22)13(2)3)9-10-17(15)20(5)6/h9-11,13-14H,8,12H2,1-7H3,(H,19,22)/t14-/m1/s1. The van der Waals surface area contributed by atoms with E-state index >= 15 is 0 Å². The van der Waals surface area contributed by atoms with Gasteiger partial charge in [-0.05, 0) is 37.1 Å². The third-order valence-electron chi connectivity index (χ3n) is 4.19. The monoisotopic (exact) mass is 369 g/mol. The maximum atomic E-state index is 12.2. The molecule has 0 heterocycles. The van der Waals surface area contributed by atoms with Gasteiger partial charge in [-0.15, -0.1) is 0 Å². The van der Waals surface area contributed by atoms with Crippen LogP contribution >= 0.6 is 0 Å². The third kappa shape index (κ3) is 6.01. The molecule has 0 aliphatic rings. The van der Waals surface area contributed by atoms with Gasteiger partial charge in [-0.3, -0.25) is 4.79 Å². The molecule has 1 N–H and O–H groups in total. The van der Waals surface area contributed by atoms with Gasteiger partial charge in [0.05, 0.1) is 6.26 Å². The number of amides is 1. The second-order valence-corrected chi connectivity index (χ2v) is 8.88. The summed E-state index contributed by atoms with van der Waals surface area (Å²) < 4.78 is 25.9. The summed E-state index contributed by atoms with van der Waals surface area (Å²) in [6.45, 7) is 7.81. The average Bonchev–Trinajstić information content (AvgIpc) is 2.50. The van der Waals surface area contributed by atoms with Crippen molar-refractivity contribution in [3.63, 3.8) is 0 Å². The Balaban J connectivity index is 3.27. The fraction of sp³-hybridized carbons (Fsp3) is 0.611. The molecule has 1 rings (SSSR count). The number of sulfonamides is 1. The van der Waals surface area contributed by atoms with Crippen molar-refractivity contribution in [1.82, 2.24) is 4.31 Å². The predicted octanol–water partition coefficient (Wildman–Crippen LogP) is 2.91. The molecule has 0 radical (unpaired) electrons. The Labute approximate surface area is 152 Å². The Morgan fingerprint density at radius 3 is 2.24 bits per heavy atom. The summed E-state index contributed by atoms with van der Waals surface area (Å²) in [5.74, 6) is -0.185. The van der Waals surface area contributed by atoms with Gasteiger partial charge in [0, 0.05) is 44.0 Å². The van der Waals surface area contributed by atoms with Crippen LogP contribution in [0.4, 0.5) is 11.4 Å². The van der Waals surface area contributed by atoms with E-state index in [1.807, 2.05) is 64.9 Å². The van der Waals surface area contributed by atoms with Crippen LogP contribution in [0, 0.1) is 5.92 Å². The molecule has 7 heteroatoms. The van der Waals surface area contributed by atoms with Gasteiger partial charge >= 0.3 is 0 Å². The van der Waals surface area contributed by atoms with Crippen LogP contribution in [0.5, 0.6) is 0 Å².